The Morgan fingerprint density at radius 2 is 1.22 bits per heavy atom. The zero-order chi connectivity index (χ0) is 19.4. The fourth-order valence-corrected chi connectivity index (χ4v) is 3.07. The maximum absolute atomic E-state index is 9.71. The van der Waals surface area contributed by atoms with Crippen molar-refractivity contribution in [1.29, 1.82) is 0 Å². The van der Waals surface area contributed by atoms with E-state index >= 15 is 0 Å². The van der Waals surface area contributed by atoms with E-state index in [0.29, 0.717) is 18.1 Å². The van der Waals surface area contributed by atoms with E-state index < -0.39 is 0 Å². The molecule has 27 heavy (non-hydrogen) atoms. The lowest BCUT2D eigenvalue weighted by molar-refractivity contribution is 0.474. The molecule has 5 heteroatoms. The number of anilines is 2. The Morgan fingerprint density at radius 1 is 0.704 bits per heavy atom. The summed E-state index contributed by atoms with van der Waals surface area (Å²) in [5.41, 5.74) is 6.05. The third-order valence-electron chi connectivity index (χ3n) is 4.59. The zero-order valence-electron chi connectivity index (χ0n) is 15.4. The van der Waals surface area contributed by atoms with Crippen molar-refractivity contribution >= 4 is 23.0 Å². The molecule has 0 bridgehead atoms. The van der Waals surface area contributed by atoms with E-state index in [9.17, 15) is 10.2 Å². The Hall–Kier alpha value is -2.85. The second-order valence-electron chi connectivity index (χ2n) is 6.62. The SMILES string of the molecule is Cc1ccc(O)cc1CNc1ccc(Cl)cc1NCc1cc(O)ccc1C. The minimum atomic E-state index is 0.251. The van der Waals surface area contributed by atoms with Crippen molar-refractivity contribution in [3.8, 4) is 11.5 Å². The molecule has 0 heterocycles. The summed E-state index contributed by atoms with van der Waals surface area (Å²) in [5.74, 6) is 0.507. The van der Waals surface area contributed by atoms with Crippen LogP contribution in [-0.2, 0) is 13.1 Å². The fraction of sp³-hybridized carbons (Fsp3) is 0.182. The van der Waals surface area contributed by atoms with E-state index in [2.05, 4.69) is 10.6 Å². The number of phenols is 2. The molecule has 0 atom stereocenters. The van der Waals surface area contributed by atoms with Gasteiger partial charge in [0.05, 0.1) is 11.4 Å². The van der Waals surface area contributed by atoms with E-state index in [1.165, 1.54) is 0 Å². The highest BCUT2D eigenvalue weighted by atomic mass is 35.5. The van der Waals surface area contributed by atoms with E-state index in [1.807, 2.05) is 44.2 Å². The first kappa shape index (κ1) is 18.9. The molecule has 0 saturated heterocycles. The van der Waals surface area contributed by atoms with Gasteiger partial charge >= 0.3 is 0 Å². The van der Waals surface area contributed by atoms with Crippen LogP contribution < -0.4 is 10.6 Å². The van der Waals surface area contributed by atoms with Gasteiger partial charge in [-0.2, -0.15) is 0 Å². The van der Waals surface area contributed by atoms with Gasteiger partial charge in [-0.05, 0) is 78.6 Å². The number of hydrogen-bond acceptors (Lipinski definition) is 4. The highest BCUT2D eigenvalue weighted by Gasteiger charge is 2.07. The fourth-order valence-electron chi connectivity index (χ4n) is 2.89. The normalized spacial score (nSPS) is 10.6. The Balaban J connectivity index is 1.76. The van der Waals surface area contributed by atoms with Gasteiger partial charge < -0.3 is 20.8 Å². The van der Waals surface area contributed by atoms with Gasteiger partial charge in [0.2, 0.25) is 0 Å². The van der Waals surface area contributed by atoms with Gasteiger partial charge in [-0.1, -0.05) is 23.7 Å². The lowest BCUT2D eigenvalue weighted by atomic mass is 10.1. The number of hydrogen-bond donors (Lipinski definition) is 4. The number of aryl methyl sites for hydroxylation is 2. The number of nitrogens with one attached hydrogen (secondary N) is 2. The van der Waals surface area contributed by atoms with E-state index in [4.69, 9.17) is 11.6 Å². The van der Waals surface area contributed by atoms with Crippen LogP contribution in [-0.4, -0.2) is 10.2 Å². The van der Waals surface area contributed by atoms with E-state index in [1.54, 1.807) is 24.3 Å². The van der Waals surface area contributed by atoms with Gasteiger partial charge in [0.25, 0.3) is 0 Å². The Kier molecular flexibility index (Phi) is 5.77. The van der Waals surface area contributed by atoms with E-state index in [-0.39, 0.29) is 11.5 Å². The Labute approximate surface area is 164 Å². The molecular weight excluding hydrogens is 360 g/mol. The van der Waals surface area contributed by atoms with Gasteiger partial charge in [0.1, 0.15) is 11.5 Å². The molecule has 140 valence electrons. The molecule has 0 aliphatic rings. The number of rotatable bonds is 6. The van der Waals surface area contributed by atoms with Crippen LogP contribution in [0.4, 0.5) is 11.4 Å². The average molecular weight is 383 g/mol. The third-order valence-corrected chi connectivity index (χ3v) is 4.82. The molecule has 3 rings (SSSR count). The lowest BCUT2D eigenvalue weighted by Gasteiger charge is -2.16. The molecule has 0 amide bonds. The molecule has 0 aliphatic heterocycles. The quantitative estimate of drug-likeness (QED) is 0.448. The van der Waals surface area contributed by atoms with Gasteiger partial charge in [-0.3, -0.25) is 0 Å². The molecule has 0 radical (unpaired) electrons. The van der Waals surface area contributed by atoms with Crippen molar-refractivity contribution in [3.05, 3.63) is 81.9 Å². The molecule has 4 nitrogen and oxygen atoms in total. The summed E-state index contributed by atoms with van der Waals surface area (Å²) < 4.78 is 0. The molecule has 0 aliphatic carbocycles. The minimum absolute atomic E-state index is 0.251. The Bertz CT molecular complexity index is 957. The van der Waals surface area contributed by atoms with Gasteiger partial charge in [0, 0.05) is 18.1 Å². The van der Waals surface area contributed by atoms with Crippen molar-refractivity contribution in [2.45, 2.75) is 26.9 Å². The predicted octanol–water partition coefficient (Wildman–Crippen LogP) is 5.59. The second-order valence-corrected chi connectivity index (χ2v) is 7.06. The van der Waals surface area contributed by atoms with Crippen molar-refractivity contribution in [1.82, 2.24) is 0 Å². The molecule has 4 N–H and O–H groups in total. The number of benzene rings is 3. The van der Waals surface area contributed by atoms with Crippen LogP contribution in [0.25, 0.3) is 0 Å². The van der Waals surface area contributed by atoms with Crippen LogP contribution >= 0.6 is 11.6 Å². The maximum Gasteiger partial charge on any atom is 0.115 e. The third kappa shape index (κ3) is 4.86. The van der Waals surface area contributed by atoms with Crippen molar-refractivity contribution in [2.24, 2.45) is 0 Å². The van der Waals surface area contributed by atoms with Crippen LogP contribution in [0.5, 0.6) is 11.5 Å². The topological polar surface area (TPSA) is 64.5 Å². The maximum atomic E-state index is 9.71. The van der Waals surface area contributed by atoms with E-state index in [0.717, 1.165) is 33.6 Å². The lowest BCUT2D eigenvalue weighted by Crippen LogP contribution is -2.07. The van der Waals surface area contributed by atoms with Crippen LogP contribution in [0, 0.1) is 13.8 Å². The predicted molar refractivity (Wildman–Crippen MR) is 112 cm³/mol. The highest BCUT2D eigenvalue weighted by molar-refractivity contribution is 6.31. The molecular formula is C22H23ClN2O2. The largest absolute Gasteiger partial charge is 0.508 e. The van der Waals surface area contributed by atoms with Crippen LogP contribution in [0.1, 0.15) is 22.3 Å². The molecule has 0 saturated carbocycles. The van der Waals surface area contributed by atoms with Gasteiger partial charge in [-0.15, -0.1) is 0 Å². The Morgan fingerprint density at radius 3 is 1.78 bits per heavy atom. The summed E-state index contributed by atoms with van der Waals surface area (Å²) in [6.45, 7) is 5.18. The average Bonchev–Trinajstić information content (AvgIpc) is 2.64. The van der Waals surface area contributed by atoms with Crippen LogP contribution in [0.3, 0.4) is 0 Å². The molecule has 0 spiro atoms. The standard InChI is InChI=1S/C22H23ClN2O2/c1-14-3-6-19(26)9-16(14)12-24-21-8-5-18(23)11-22(21)25-13-17-10-20(27)7-4-15(17)2/h3-11,24-27H,12-13H2,1-2H3. The summed E-state index contributed by atoms with van der Waals surface area (Å²) >= 11 is 6.18. The zero-order valence-corrected chi connectivity index (χ0v) is 16.1. The van der Waals surface area contributed by atoms with Crippen molar-refractivity contribution < 1.29 is 10.2 Å². The highest BCUT2D eigenvalue weighted by Crippen LogP contribution is 2.28. The summed E-state index contributed by atoms with van der Waals surface area (Å²) in [5, 5.41) is 26.9. The first-order valence-corrected chi connectivity index (χ1v) is 9.14. The van der Waals surface area contributed by atoms with Crippen molar-refractivity contribution in [2.75, 3.05) is 10.6 Å². The smallest absolute Gasteiger partial charge is 0.115 e. The molecule has 0 aromatic heterocycles. The summed E-state index contributed by atoms with van der Waals surface area (Å²) in [6, 6.07) is 16.3. The van der Waals surface area contributed by atoms with Crippen LogP contribution in [0.15, 0.2) is 54.6 Å². The first-order valence-electron chi connectivity index (χ1n) is 8.76. The molecule has 3 aromatic rings. The summed E-state index contributed by atoms with van der Waals surface area (Å²) in [6.07, 6.45) is 0. The summed E-state index contributed by atoms with van der Waals surface area (Å²) in [7, 11) is 0. The monoisotopic (exact) mass is 382 g/mol. The number of halogens is 1. The van der Waals surface area contributed by atoms with Crippen molar-refractivity contribution in [3.63, 3.8) is 0 Å². The first-order chi connectivity index (χ1) is 12.9. The second kappa shape index (κ2) is 8.23. The number of phenolic OH excluding ortho intramolecular Hbond substituents is 2. The van der Waals surface area contributed by atoms with Crippen LogP contribution in [0.2, 0.25) is 5.02 Å². The molecule has 0 unspecified atom stereocenters. The van der Waals surface area contributed by atoms with Gasteiger partial charge in [0.15, 0.2) is 0 Å². The minimum Gasteiger partial charge on any atom is -0.508 e. The molecule has 3 aromatic carbocycles. The summed E-state index contributed by atoms with van der Waals surface area (Å²) in [4.78, 5) is 0. The number of aromatic hydroxyl groups is 2. The molecule has 0 fully saturated rings. The van der Waals surface area contributed by atoms with Gasteiger partial charge in [-0.25, -0.2) is 0 Å².